The zero-order chi connectivity index (χ0) is 22.4. The van der Waals surface area contributed by atoms with Crippen molar-refractivity contribution in [3.63, 3.8) is 0 Å². The van der Waals surface area contributed by atoms with Crippen molar-refractivity contribution in [1.29, 1.82) is 0 Å². The first kappa shape index (κ1) is 23.6. The third-order valence-corrected chi connectivity index (χ3v) is 5.23. The van der Waals surface area contributed by atoms with Crippen molar-refractivity contribution in [2.75, 3.05) is 20.8 Å². The number of halogens is 2. The van der Waals surface area contributed by atoms with Gasteiger partial charge in [-0.1, -0.05) is 11.6 Å². The van der Waals surface area contributed by atoms with Gasteiger partial charge in [-0.15, -0.1) is 0 Å². The van der Waals surface area contributed by atoms with Crippen molar-refractivity contribution < 1.29 is 28.9 Å². The molecule has 0 fully saturated rings. The van der Waals surface area contributed by atoms with E-state index in [1.165, 1.54) is 20.3 Å². The van der Waals surface area contributed by atoms with Gasteiger partial charge in [-0.3, -0.25) is 4.79 Å². The summed E-state index contributed by atoms with van der Waals surface area (Å²) < 4.78 is 16.5. The number of benzene rings is 2. The van der Waals surface area contributed by atoms with Gasteiger partial charge in [0.05, 0.1) is 30.4 Å². The smallest absolute Gasteiger partial charge is 0.262 e. The summed E-state index contributed by atoms with van der Waals surface area (Å²) in [5.74, 6) is -0.912. The van der Waals surface area contributed by atoms with E-state index >= 15 is 0 Å². The summed E-state index contributed by atoms with van der Waals surface area (Å²) in [6, 6.07) is 6.57. The molecule has 0 aliphatic rings. The summed E-state index contributed by atoms with van der Waals surface area (Å²) >= 11 is 9.44. The van der Waals surface area contributed by atoms with Crippen LogP contribution in [0.25, 0.3) is 6.08 Å². The predicted octanol–water partition coefficient (Wildman–Crippen LogP) is 3.02. The number of nitrogens with one attached hydrogen (secondary N) is 1. The molecule has 0 aliphatic carbocycles. The van der Waals surface area contributed by atoms with E-state index in [0.29, 0.717) is 32.3 Å². The fraction of sp³-hybridized carbons (Fsp3) is 0.238. The molecule has 0 spiro atoms. The third-order valence-electron chi connectivity index (χ3n) is 4.04. The van der Waals surface area contributed by atoms with Gasteiger partial charge < -0.3 is 29.4 Å². The Morgan fingerprint density at radius 1 is 1.13 bits per heavy atom. The standard InChI is InChI=1S/C21H21BrClNO6/c1-11-5-14(6-12(2)19(11)23)30-10-18(25)24-16(21(26)27)8-13-7-15(22)20(29-4)17(9-13)28-3/h5-9H,10H2,1-4H3,(H,24,25)(H,26,27)/p-1/b16-8+. The first-order valence-corrected chi connectivity index (χ1v) is 9.87. The Hall–Kier alpha value is -2.71. The topological polar surface area (TPSA) is 96.9 Å². The van der Waals surface area contributed by atoms with Crippen LogP contribution in [0.4, 0.5) is 0 Å². The Bertz CT molecular complexity index is 982. The fourth-order valence-electron chi connectivity index (χ4n) is 2.66. The Morgan fingerprint density at radius 3 is 2.30 bits per heavy atom. The van der Waals surface area contributed by atoms with Crippen LogP contribution in [0.15, 0.2) is 34.4 Å². The minimum Gasteiger partial charge on any atom is -0.543 e. The van der Waals surface area contributed by atoms with E-state index in [1.54, 1.807) is 24.3 Å². The lowest BCUT2D eigenvalue weighted by Crippen LogP contribution is -2.37. The third kappa shape index (κ3) is 5.90. The molecule has 2 rings (SSSR count). The number of carbonyl (C=O) groups is 2. The first-order valence-electron chi connectivity index (χ1n) is 8.70. The van der Waals surface area contributed by atoms with Crippen molar-refractivity contribution in [3.8, 4) is 17.2 Å². The number of carbonyl (C=O) groups excluding carboxylic acids is 2. The van der Waals surface area contributed by atoms with Crippen LogP contribution in [0.5, 0.6) is 17.2 Å². The van der Waals surface area contributed by atoms with Crippen molar-refractivity contribution in [1.82, 2.24) is 5.32 Å². The first-order chi connectivity index (χ1) is 14.2. The van der Waals surface area contributed by atoms with E-state index in [0.717, 1.165) is 11.1 Å². The summed E-state index contributed by atoms with van der Waals surface area (Å²) in [5, 5.41) is 14.4. The average Bonchev–Trinajstić information content (AvgIpc) is 2.69. The molecule has 0 saturated heterocycles. The van der Waals surface area contributed by atoms with E-state index in [9.17, 15) is 14.7 Å². The second-order valence-electron chi connectivity index (χ2n) is 6.29. The number of hydrogen-bond donors (Lipinski definition) is 1. The zero-order valence-corrected chi connectivity index (χ0v) is 19.1. The molecule has 9 heteroatoms. The Morgan fingerprint density at radius 2 is 1.77 bits per heavy atom. The number of rotatable bonds is 8. The van der Waals surface area contributed by atoms with Crippen molar-refractivity contribution in [3.05, 3.63) is 56.1 Å². The van der Waals surface area contributed by atoms with Gasteiger partial charge in [-0.05, 0) is 76.8 Å². The van der Waals surface area contributed by atoms with Crippen LogP contribution in [-0.2, 0) is 9.59 Å². The molecule has 0 bridgehead atoms. The Labute approximate surface area is 187 Å². The number of hydrogen-bond acceptors (Lipinski definition) is 6. The van der Waals surface area contributed by atoms with Gasteiger partial charge in [-0.2, -0.15) is 0 Å². The molecular weight excluding hydrogens is 478 g/mol. The lowest BCUT2D eigenvalue weighted by Gasteiger charge is -2.14. The molecule has 2 aromatic carbocycles. The summed E-state index contributed by atoms with van der Waals surface area (Å²) in [6.45, 7) is 3.25. The van der Waals surface area contributed by atoms with Crippen LogP contribution in [0.2, 0.25) is 5.02 Å². The maximum Gasteiger partial charge on any atom is 0.262 e. The summed E-state index contributed by atoms with van der Waals surface area (Å²) in [6.07, 6.45) is 1.25. The van der Waals surface area contributed by atoms with Gasteiger partial charge in [0.15, 0.2) is 18.1 Å². The lowest BCUT2D eigenvalue weighted by atomic mass is 10.1. The normalized spacial score (nSPS) is 11.1. The molecular formula is C21H20BrClNO6-. The quantitative estimate of drug-likeness (QED) is 0.563. The van der Waals surface area contributed by atoms with Crippen LogP contribution < -0.4 is 24.6 Å². The van der Waals surface area contributed by atoms with Crippen molar-refractivity contribution in [2.45, 2.75) is 13.8 Å². The maximum absolute atomic E-state index is 12.2. The van der Waals surface area contributed by atoms with E-state index in [1.807, 2.05) is 13.8 Å². The van der Waals surface area contributed by atoms with Crippen molar-refractivity contribution in [2.24, 2.45) is 0 Å². The lowest BCUT2D eigenvalue weighted by molar-refractivity contribution is -0.299. The van der Waals surface area contributed by atoms with Crippen LogP contribution in [-0.4, -0.2) is 32.7 Å². The van der Waals surface area contributed by atoms with Crippen LogP contribution >= 0.6 is 27.5 Å². The molecule has 0 saturated carbocycles. The van der Waals surface area contributed by atoms with E-state index < -0.39 is 17.6 Å². The van der Waals surface area contributed by atoms with Gasteiger partial charge in [-0.25, -0.2) is 0 Å². The highest BCUT2D eigenvalue weighted by Crippen LogP contribution is 2.36. The molecule has 160 valence electrons. The van der Waals surface area contributed by atoms with Gasteiger partial charge in [0.2, 0.25) is 0 Å². The molecule has 0 atom stereocenters. The molecule has 0 aromatic heterocycles. The highest BCUT2D eigenvalue weighted by atomic mass is 79.9. The molecule has 0 aliphatic heterocycles. The number of carboxylic acid groups (broad SMARTS) is 1. The Kier molecular flexibility index (Phi) is 8.14. The van der Waals surface area contributed by atoms with Gasteiger partial charge >= 0.3 is 0 Å². The largest absolute Gasteiger partial charge is 0.543 e. The second kappa shape index (κ2) is 10.4. The summed E-state index contributed by atoms with van der Waals surface area (Å²) in [4.78, 5) is 23.7. The van der Waals surface area contributed by atoms with E-state index in [2.05, 4.69) is 21.2 Å². The molecule has 0 radical (unpaired) electrons. The number of aliphatic carboxylic acids is 1. The summed E-state index contributed by atoms with van der Waals surface area (Å²) in [7, 11) is 2.94. The van der Waals surface area contributed by atoms with E-state index in [-0.39, 0.29) is 6.61 Å². The van der Waals surface area contributed by atoms with Crippen LogP contribution in [0.1, 0.15) is 16.7 Å². The van der Waals surface area contributed by atoms with Gasteiger partial charge in [0, 0.05) is 5.02 Å². The van der Waals surface area contributed by atoms with Gasteiger partial charge in [0.25, 0.3) is 5.91 Å². The minimum absolute atomic E-state index is 0.388. The van der Waals surface area contributed by atoms with E-state index in [4.69, 9.17) is 25.8 Å². The van der Waals surface area contributed by atoms with Crippen molar-refractivity contribution >= 4 is 45.5 Å². The number of ether oxygens (including phenoxy) is 3. The molecule has 1 N–H and O–H groups in total. The average molecular weight is 498 g/mol. The number of aryl methyl sites for hydroxylation is 2. The molecule has 30 heavy (non-hydrogen) atoms. The minimum atomic E-state index is -1.55. The molecule has 2 aromatic rings. The number of methoxy groups -OCH3 is 2. The zero-order valence-electron chi connectivity index (χ0n) is 16.8. The monoisotopic (exact) mass is 496 g/mol. The fourth-order valence-corrected chi connectivity index (χ4v) is 3.39. The predicted molar refractivity (Wildman–Crippen MR) is 115 cm³/mol. The maximum atomic E-state index is 12.2. The second-order valence-corrected chi connectivity index (χ2v) is 7.52. The summed E-state index contributed by atoms with van der Waals surface area (Å²) in [5.41, 5.74) is 1.64. The highest BCUT2D eigenvalue weighted by Gasteiger charge is 2.12. The Balaban J connectivity index is 2.16. The van der Waals surface area contributed by atoms with Crippen LogP contribution in [0, 0.1) is 13.8 Å². The van der Waals surface area contributed by atoms with Gasteiger partial charge in [0.1, 0.15) is 5.75 Å². The number of amides is 1. The SMILES string of the molecule is COc1cc(/C=C(/NC(=O)COc2cc(C)c(Cl)c(C)c2)C(=O)[O-])cc(Br)c1OC. The molecule has 0 heterocycles. The molecule has 1 amide bonds. The highest BCUT2D eigenvalue weighted by molar-refractivity contribution is 9.10. The van der Waals surface area contributed by atoms with Crippen LogP contribution in [0.3, 0.4) is 0 Å². The molecule has 0 unspecified atom stereocenters. The number of carboxylic acids is 1. The molecule has 7 nitrogen and oxygen atoms in total.